The molecule has 0 saturated carbocycles. The van der Waals surface area contributed by atoms with Crippen LogP contribution in [0.1, 0.15) is 17.0 Å². The van der Waals surface area contributed by atoms with Crippen molar-refractivity contribution in [3.63, 3.8) is 0 Å². The van der Waals surface area contributed by atoms with E-state index in [0.29, 0.717) is 19.4 Å². The van der Waals surface area contributed by atoms with E-state index in [1.54, 1.807) is 0 Å². The zero-order chi connectivity index (χ0) is 14.7. The van der Waals surface area contributed by atoms with Gasteiger partial charge in [0.15, 0.2) is 0 Å². The van der Waals surface area contributed by atoms with Gasteiger partial charge >= 0.3 is 0 Å². The highest BCUT2D eigenvalue weighted by Gasteiger charge is 2.08. The summed E-state index contributed by atoms with van der Waals surface area (Å²) < 4.78 is 5.10. The van der Waals surface area contributed by atoms with Gasteiger partial charge in [0.2, 0.25) is 5.91 Å². The van der Waals surface area contributed by atoms with Crippen molar-refractivity contribution in [1.82, 2.24) is 15.5 Å². The first-order chi connectivity index (χ1) is 10.2. The Morgan fingerprint density at radius 2 is 2.24 bits per heavy atom. The van der Waals surface area contributed by atoms with Crippen LogP contribution in [0.4, 0.5) is 0 Å². The van der Waals surface area contributed by atoms with Crippen LogP contribution in [0.2, 0.25) is 0 Å². The van der Waals surface area contributed by atoms with E-state index >= 15 is 0 Å². The number of nitrogens with one attached hydrogen (secondary N) is 2. The van der Waals surface area contributed by atoms with Gasteiger partial charge in [-0.2, -0.15) is 0 Å². The van der Waals surface area contributed by atoms with E-state index in [0.717, 1.165) is 27.9 Å². The lowest BCUT2D eigenvalue weighted by Gasteiger charge is -2.03. The second kappa shape index (κ2) is 5.83. The quantitative estimate of drug-likeness (QED) is 0.755. The van der Waals surface area contributed by atoms with E-state index in [2.05, 4.69) is 15.5 Å². The monoisotopic (exact) mass is 283 g/mol. The number of hydrogen-bond donors (Lipinski definition) is 2. The van der Waals surface area contributed by atoms with Crippen molar-refractivity contribution in [2.24, 2.45) is 0 Å². The topological polar surface area (TPSA) is 70.9 Å². The molecule has 2 N–H and O–H groups in total. The van der Waals surface area contributed by atoms with E-state index < -0.39 is 0 Å². The molecule has 0 bridgehead atoms. The number of H-pyrrole nitrogens is 1. The molecule has 0 unspecified atom stereocenters. The standard InChI is InChI=1S/C16H17N3O2/c1-11-8-13(21-19-11)6-7-17-16(20)9-12-10-18-15-5-3-2-4-14(12)15/h2-5,8,10,18H,6-7,9H2,1H3,(H,17,20). The molecular weight excluding hydrogens is 266 g/mol. The Kier molecular flexibility index (Phi) is 3.73. The Labute approximate surface area is 122 Å². The highest BCUT2D eigenvalue weighted by atomic mass is 16.5. The Balaban J connectivity index is 1.54. The maximum atomic E-state index is 12.0. The van der Waals surface area contributed by atoms with Crippen molar-refractivity contribution in [3.8, 4) is 0 Å². The van der Waals surface area contributed by atoms with Gasteiger partial charge in [0, 0.05) is 36.1 Å². The molecular formula is C16H17N3O2. The molecule has 0 aliphatic heterocycles. The number of carbonyl (C=O) groups excluding carboxylic acids is 1. The summed E-state index contributed by atoms with van der Waals surface area (Å²) in [5.74, 6) is 0.802. The number of carbonyl (C=O) groups is 1. The lowest BCUT2D eigenvalue weighted by molar-refractivity contribution is -0.120. The molecule has 5 nitrogen and oxygen atoms in total. The average molecular weight is 283 g/mol. The second-order valence-corrected chi connectivity index (χ2v) is 5.07. The smallest absolute Gasteiger partial charge is 0.224 e. The number of aryl methyl sites for hydroxylation is 1. The average Bonchev–Trinajstić information content (AvgIpc) is 3.06. The maximum Gasteiger partial charge on any atom is 0.224 e. The molecule has 21 heavy (non-hydrogen) atoms. The summed E-state index contributed by atoms with van der Waals surface area (Å²) >= 11 is 0. The highest BCUT2D eigenvalue weighted by molar-refractivity contribution is 5.88. The summed E-state index contributed by atoms with van der Waals surface area (Å²) in [5.41, 5.74) is 2.92. The molecule has 1 amide bonds. The van der Waals surface area contributed by atoms with Gasteiger partial charge in [-0.3, -0.25) is 4.79 Å². The first-order valence-corrected chi connectivity index (χ1v) is 6.96. The number of fused-ring (bicyclic) bond motifs is 1. The number of hydrogen-bond acceptors (Lipinski definition) is 3. The fraction of sp³-hybridized carbons (Fsp3) is 0.250. The van der Waals surface area contributed by atoms with Gasteiger partial charge in [-0.15, -0.1) is 0 Å². The summed E-state index contributed by atoms with van der Waals surface area (Å²) in [6, 6.07) is 9.85. The number of rotatable bonds is 5. The lowest BCUT2D eigenvalue weighted by Crippen LogP contribution is -2.27. The molecule has 2 heterocycles. The zero-order valence-corrected chi connectivity index (χ0v) is 11.8. The van der Waals surface area contributed by atoms with Gasteiger partial charge in [0.1, 0.15) is 5.76 Å². The second-order valence-electron chi connectivity index (χ2n) is 5.07. The Morgan fingerprint density at radius 3 is 3.05 bits per heavy atom. The summed E-state index contributed by atoms with van der Waals surface area (Å²) in [5, 5.41) is 7.82. The normalized spacial score (nSPS) is 10.9. The van der Waals surface area contributed by atoms with Crippen LogP contribution in [0.5, 0.6) is 0 Å². The molecule has 108 valence electrons. The van der Waals surface area contributed by atoms with Crippen molar-refractivity contribution >= 4 is 16.8 Å². The first-order valence-electron chi connectivity index (χ1n) is 6.96. The van der Waals surface area contributed by atoms with Crippen LogP contribution in [-0.4, -0.2) is 22.6 Å². The number of amides is 1. The molecule has 0 spiro atoms. The summed E-state index contributed by atoms with van der Waals surface area (Å²) in [4.78, 5) is 15.2. The molecule has 5 heteroatoms. The van der Waals surface area contributed by atoms with Crippen LogP contribution in [-0.2, 0) is 17.6 Å². The van der Waals surface area contributed by atoms with Gasteiger partial charge in [-0.25, -0.2) is 0 Å². The predicted molar refractivity (Wildman–Crippen MR) is 80.0 cm³/mol. The number of aromatic nitrogens is 2. The summed E-state index contributed by atoms with van der Waals surface area (Å²) in [6.45, 7) is 2.43. The fourth-order valence-electron chi connectivity index (χ4n) is 2.37. The third-order valence-electron chi connectivity index (χ3n) is 3.40. The van der Waals surface area contributed by atoms with E-state index in [1.165, 1.54) is 0 Å². The van der Waals surface area contributed by atoms with Crippen LogP contribution >= 0.6 is 0 Å². The minimum atomic E-state index is 0.0102. The molecule has 3 aromatic rings. The molecule has 2 aromatic heterocycles. The summed E-state index contributed by atoms with van der Waals surface area (Å²) in [6.07, 6.45) is 2.92. The largest absolute Gasteiger partial charge is 0.361 e. The van der Waals surface area contributed by atoms with Gasteiger partial charge in [-0.05, 0) is 18.6 Å². The van der Waals surface area contributed by atoms with Crippen molar-refractivity contribution < 1.29 is 9.32 Å². The minimum absolute atomic E-state index is 0.0102. The van der Waals surface area contributed by atoms with E-state index in [1.807, 2.05) is 43.5 Å². The molecule has 0 aliphatic carbocycles. The van der Waals surface area contributed by atoms with Gasteiger partial charge in [0.05, 0.1) is 12.1 Å². The zero-order valence-electron chi connectivity index (χ0n) is 11.8. The minimum Gasteiger partial charge on any atom is -0.361 e. The SMILES string of the molecule is Cc1cc(CCNC(=O)Cc2c[nH]c3ccccc23)on1. The van der Waals surface area contributed by atoms with Crippen molar-refractivity contribution in [2.75, 3.05) is 6.54 Å². The van der Waals surface area contributed by atoms with Crippen LogP contribution in [0.25, 0.3) is 10.9 Å². The molecule has 0 radical (unpaired) electrons. The number of para-hydroxylation sites is 1. The molecule has 0 aliphatic rings. The van der Waals surface area contributed by atoms with Crippen LogP contribution in [0.15, 0.2) is 41.1 Å². The third-order valence-corrected chi connectivity index (χ3v) is 3.40. The Bertz CT molecular complexity index is 758. The van der Waals surface area contributed by atoms with Gasteiger partial charge in [-0.1, -0.05) is 23.4 Å². The van der Waals surface area contributed by atoms with E-state index in [-0.39, 0.29) is 5.91 Å². The molecule has 0 atom stereocenters. The maximum absolute atomic E-state index is 12.0. The Morgan fingerprint density at radius 1 is 1.38 bits per heavy atom. The number of nitrogens with zero attached hydrogens (tertiary/aromatic N) is 1. The van der Waals surface area contributed by atoms with Crippen LogP contribution in [0, 0.1) is 6.92 Å². The van der Waals surface area contributed by atoms with Crippen molar-refractivity contribution in [1.29, 1.82) is 0 Å². The van der Waals surface area contributed by atoms with Gasteiger partial charge in [0.25, 0.3) is 0 Å². The molecule has 0 saturated heterocycles. The molecule has 3 rings (SSSR count). The van der Waals surface area contributed by atoms with Crippen molar-refractivity contribution in [2.45, 2.75) is 19.8 Å². The van der Waals surface area contributed by atoms with E-state index in [4.69, 9.17) is 4.52 Å². The molecule has 0 fully saturated rings. The van der Waals surface area contributed by atoms with Crippen LogP contribution in [0.3, 0.4) is 0 Å². The highest BCUT2D eigenvalue weighted by Crippen LogP contribution is 2.17. The number of benzene rings is 1. The predicted octanol–water partition coefficient (Wildman–Crippen LogP) is 2.37. The van der Waals surface area contributed by atoms with Crippen molar-refractivity contribution in [3.05, 3.63) is 53.5 Å². The number of aromatic amines is 1. The first kappa shape index (κ1) is 13.4. The van der Waals surface area contributed by atoms with Crippen LogP contribution < -0.4 is 5.32 Å². The van der Waals surface area contributed by atoms with E-state index in [9.17, 15) is 4.79 Å². The fourth-order valence-corrected chi connectivity index (χ4v) is 2.37. The van der Waals surface area contributed by atoms with Gasteiger partial charge < -0.3 is 14.8 Å². The third kappa shape index (κ3) is 3.13. The summed E-state index contributed by atoms with van der Waals surface area (Å²) in [7, 11) is 0. The Hall–Kier alpha value is -2.56. The molecule has 1 aromatic carbocycles. The lowest BCUT2D eigenvalue weighted by atomic mass is 10.1.